The number of benzene rings is 2. The molecule has 0 saturated heterocycles. The third-order valence-electron chi connectivity index (χ3n) is 7.15. The van der Waals surface area contributed by atoms with Crippen LogP contribution in [-0.4, -0.2) is 62.7 Å². The third-order valence-corrected chi connectivity index (χ3v) is 8.89. The zero-order chi connectivity index (χ0) is 28.0. The van der Waals surface area contributed by atoms with Gasteiger partial charge in [-0.25, -0.2) is 12.8 Å². The lowest BCUT2D eigenvalue weighted by molar-refractivity contribution is -0.140. The molecule has 1 aliphatic carbocycles. The minimum Gasteiger partial charge on any atom is -0.486 e. The quantitative estimate of drug-likeness (QED) is 0.449. The first kappa shape index (κ1) is 28.7. The highest BCUT2D eigenvalue weighted by atomic mass is 32.2. The number of carbonyl (C=O) groups is 2. The minimum atomic E-state index is -3.88. The number of anilines is 1. The summed E-state index contributed by atoms with van der Waals surface area (Å²) in [6.45, 7) is 3.55. The van der Waals surface area contributed by atoms with Gasteiger partial charge in [-0.15, -0.1) is 0 Å². The standard InChI is InChI=1S/C28H36FN3O6S/c1-3-24(28(34)30-22-7-5-6-8-22)31(18-20-9-11-21(29)12-10-20)27(33)19-32(39(35,36)4-2)23-13-14-25-26(17-23)38-16-15-37-25/h9-14,17,22,24H,3-8,15-16,18-19H2,1-2H3,(H,30,34)/t24-/m0/s1. The number of amides is 2. The van der Waals surface area contributed by atoms with Gasteiger partial charge in [0.15, 0.2) is 11.5 Å². The van der Waals surface area contributed by atoms with Crippen molar-refractivity contribution in [2.24, 2.45) is 0 Å². The molecule has 0 radical (unpaired) electrons. The van der Waals surface area contributed by atoms with Crippen LogP contribution in [0.25, 0.3) is 0 Å². The van der Waals surface area contributed by atoms with Crippen LogP contribution in [0.3, 0.4) is 0 Å². The summed E-state index contributed by atoms with van der Waals surface area (Å²) in [5, 5.41) is 3.07. The van der Waals surface area contributed by atoms with Crippen LogP contribution in [0, 0.1) is 5.82 Å². The molecule has 9 nitrogen and oxygen atoms in total. The van der Waals surface area contributed by atoms with Gasteiger partial charge < -0.3 is 19.7 Å². The second-order valence-electron chi connectivity index (χ2n) is 9.80. The summed E-state index contributed by atoms with van der Waals surface area (Å²) >= 11 is 0. The fourth-order valence-corrected chi connectivity index (χ4v) is 6.03. The minimum absolute atomic E-state index is 0.0247. The van der Waals surface area contributed by atoms with Crippen LogP contribution in [0.4, 0.5) is 10.1 Å². The Morgan fingerprint density at radius 3 is 2.33 bits per heavy atom. The Morgan fingerprint density at radius 2 is 1.69 bits per heavy atom. The Balaban J connectivity index is 1.64. The molecule has 0 aromatic heterocycles. The van der Waals surface area contributed by atoms with Crippen molar-refractivity contribution in [3.8, 4) is 11.5 Å². The summed E-state index contributed by atoms with van der Waals surface area (Å²) in [4.78, 5) is 28.7. The van der Waals surface area contributed by atoms with Crippen LogP contribution in [0.2, 0.25) is 0 Å². The number of ether oxygens (including phenoxy) is 2. The number of hydrogen-bond donors (Lipinski definition) is 1. The molecule has 1 aliphatic heterocycles. The first-order chi connectivity index (χ1) is 18.7. The van der Waals surface area contributed by atoms with Crippen molar-refractivity contribution in [1.82, 2.24) is 10.2 Å². The average Bonchev–Trinajstić information content (AvgIpc) is 3.45. The van der Waals surface area contributed by atoms with Gasteiger partial charge in [-0.2, -0.15) is 0 Å². The van der Waals surface area contributed by atoms with Gasteiger partial charge in [0, 0.05) is 18.7 Å². The molecule has 0 spiro atoms. The highest BCUT2D eigenvalue weighted by Crippen LogP contribution is 2.35. The molecule has 1 heterocycles. The van der Waals surface area contributed by atoms with E-state index in [1.54, 1.807) is 30.3 Å². The number of halogens is 1. The number of carbonyl (C=O) groups excluding carboxylic acids is 2. The van der Waals surface area contributed by atoms with E-state index in [2.05, 4.69) is 5.32 Å². The van der Waals surface area contributed by atoms with Crippen LogP contribution >= 0.6 is 0 Å². The van der Waals surface area contributed by atoms with Gasteiger partial charge in [0.2, 0.25) is 21.8 Å². The predicted molar refractivity (Wildman–Crippen MR) is 146 cm³/mol. The lowest BCUT2D eigenvalue weighted by atomic mass is 10.1. The smallest absolute Gasteiger partial charge is 0.244 e. The Morgan fingerprint density at radius 1 is 1.03 bits per heavy atom. The molecule has 2 aliphatic rings. The van der Waals surface area contributed by atoms with E-state index >= 15 is 0 Å². The zero-order valence-electron chi connectivity index (χ0n) is 22.4. The molecule has 0 bridgehead atoms. The molecule has 4 rings (SSSR count). The van der Waals surface area contributed by atoms with Crippen LogP contribution in [0.15, 0.2) is 42.5 Å². The summed E-state index contributed by atoms with van der Waals surface area (Å²) < 4.78 is 52.2. The molecule has 1 fully saturated rings. The molecule has 1 atom stereocenters. The lowest BCUT2D eigenvalue weighted by Gasteiger charge is -2.34. The first-order valence-corrected chi connectivity index (χ1v) is 15.1. The van der Waals surface area contributed by atoms with E-state index in [4.69, 9.17) is 9.47 Å². The Labute approximate surface area is 229 Å². The van der Waals surface area contributed by atoms with E-state index in [1.165, 1.54) is 24.0 Å². The van der Waals surface area contributed by atoms with Crippen molar-refractivity contribution in [3.63, 3.8) is 0 Å². The van der Waals surface area contributed by atoms with E-state index in [-0.39, 0.29) is 29.9 Å². The Hall–Kier alpha value is -3.34. The summed E-state index contributed by atoms with van der Waals surface area (Å²) in [6, 6.07) is 9.66. The highest BCUT2D eigenvalue weighted by Gasteiger charge is 2.34. The van der Waals surface area contributed by atoms with Crippen molar-refractivity contribution in [1.29, 1.82) is 0 Å². The number of fused-ring (bicyclic) bond motifs is 1. The molecular formula is C28H36FN3O6S. The topological polar surface area (TPSA) is 105 Å². The summed E-state index contributed by atoms with van der Waals surface area (Å²) in [6.07, 6.45) is 4.19. The molecule has 212 valence electrons. The largest absolute Gasteiger partial charge is 0.486 e. The summed E-state index contributed by atoms with van der Waals surface area (Å²) in [5.74, 6) is -0.567. The van der Waals surface area contributed by atoms with Crippen LogP contribution in [0.5, 0.6) is 11.5 Å². The van der Waals surface area contributed by atoms with Crippen molar-refractivity contribution >= 4 is 27.5 Å². The van der Waals surface area contributed by atoms with Crippen LogP contribution in [-0.2, 0) is 26.2 Å². The molecule has 2 aromatic rings. The van der Waals surface area contributed by atoms with E-state index in [0.29, 0.717) is 36.7 Å². The van der Waals surface area contributed by atoms with Crippen molar-refractivity contribution in [2.45, 2.75) is 64.6 Å². The molecule has 11 heteroatoms. The van der Waals surface area contributed by atoms with Gasteiger partial charge in [-0.3, -0.25) is 13.9 Å². The molecular weight excluding hydrogens is 525 g/mol. The Kier molecular flexibility index (Phi) is 9.32. The SMILES string of the molecule is CC[C@@H](C(=O)NC1CCCC1)N(Cc1ccc(F)cc1)C(=O)CN(c1ccc2c(c1)OCCO2)S(=O)(=O)CC. The van der Waals surface area contributed by atoms with Gasteiger partial charge in [0.05, 0.1) is 11.4 Å². The molecule has 1 N–H and O–H groups in total. The van der Waals surface area contributed by atoms with E-state index < -0.39 is 34.3 Å². The fraction of sp³-hybridized carbons (Fsp3) is 0.500. The molecule has 1 saturated carbocycles. The second-order valence-corrected chi connectivity index (χ2v) is 12.0. The molecule has 39 heavy (non-hydrogen) atoms. The maximum atomic E-state index is 13.9. The highest BCUT2D eigenvalue weighted by molar-refractivity contribution is 7.92. The van der Waals surface area contributed by atoms with Crippen LogP contribution in [0.1, 0.15) is 51.5 Å². The van der Waals surface area contributed by atoms with E-state index in [9.17, 15) is 22.4 Å². The van der Waals surface area contributed by atoms with Crippen LogP contribution < -0.4 is 19.1 Å². The van der Waals surface area contributed by atoms with Crippen molar-refractivity contribution in [2.75, 3.05) is 29.8 Å². The van der Waals surface area contributed by atoms with Gasteiger partial charge in [-0.05, 0) is 56.0 Å². The van der Waals surface area contributed by atoms with Crippen molar-refractivity contribution < 1.29 is 31.9 Å². The normalized spacial score (nSPS) is 16.0. The molecule has 2 aromatic carbocycles. The number of hydrogen-bond acceptors (Lipinski definition) is 6. The van der Waals surface area contributed by atoms with Gasteiger partial charge in [0.25, 0.3) is 0 Å². The number of nitrogens with zero attached hydrogens (tertiary/aromatic N) is 2. The monoisotopic (exact) mass is 561 g/mol. The number of rotatable bonds is 11. The average molecular weight is 562 g/mol. The predicted octanol–water partition coefficient (Wildman–Crippen LogP) is 3.62. The first-order valence-electron chi connectivity index (χ1n) is 13.5. The molecule has 0 unspecified atom stereocenters. The maximum Gasteiger partial charge on any atom is 0.244 e. The van der Waals surface area contributed by atoms with E-state index in [0.717, 1.165) is 30.0 Å². The van der Waals surface area contributed by atoms with E-state index in [1.807, 2.05) is 6.92 Å². The fourth-order valence-electron chi connectivity index (χ4n) is 4.98. The van der Waals surface area contributed by atoms with Gasteiger partial charge in [-0.1, -0.05) is 31.9 Å². The lowest BCUT2D eigenvalue weighted by Crippen LogP contribution is -2.53. The zero-order valence-corrected chi connectivity index (χ0v) is 23.2. The number of nitrogens with one attached hydrogen (secondary N) is 1. The maximum absolute atomic E-state index is 13.9. The van der Waals surface area contributed by atoms with Crippen molar-refractivity contribution in [3.05, 3.63) is 53.8 Å². The Bertz CT molecular complexity index is 1260. The summed E-state index contributed by atoms with van der Waals surface area (Å²) in [7, 11) is -3.88. The number of sulfonamides is 1. The second kappa shape index (κ2) is 12.7. The van der Waals surface area contributed by atoms with Gasteiger partial charge >= 0.3 is 0 Å². The molecule has 2 amide bonds. The summed E-state index contributed by atoms with van der Waals surface area (Å²) in [5.41, 5.74) is 0.890. The van der Waals surface area contributed by atoms with Gasteiger partial charge in [0.1, 0.15) is 31.6 Å². The third kappa shape index (κ3) is 7.00.